The Morgan fingerprint density at radius 3 is 3.00 bits per heavy atom. The predicted octanol–water partition coefficient (Wildman–Crippen LogP) is 2.46. The SMILES string of the molecule is CC1SCCCC1N1CCC(CCC(=O)O)C1. The van der Waals surface area contributed by atoms with E-state index in [-0.39, 0.29) is 0 Å². The van der Waals surface area contributed by atoms with Crippen molar-refractivity contribution < 1.29 is 9.90 Å². The van der Waals surface area contributed by atoms with Crippen molar-refractivity contribution in [2.45, 2.75) is 50.3 Å². The van der Waals surface area contributed by atoms with Crippen molar-refractivity contribution in [3.05, 3.63) is 0 Å². The molecule has 0 bridgehead atoms. The molecule has 3 atom stereocenters. The zero-order chi connectivity index (χ0) is 12.3. The molecule has 0 radical (unpaired) electrons. The van der Waals surface area contributed by atoms with Gasteiger partial charge in [-0.2, -0.15) is 11.8 Å². The van der Waals surface area contributed by atoms with E-state index in [9.17, 15) is 4.79 Å². The second-order valence-electron chi connectivity index (χ2n) is 5.37. The number of hydrogen-bond acceptors (Lipinski definition) is 3. The zero-order valence-corrected chi connectivity index (χ0v) is 11.4. The maximum Gasteiger partial charge on any atom is 0.303 e. The highest BCUT2D eigenvalue weighted by Crippen LogP contribution is 2.33. The summed E-state index contributed by atoms with van der Waals surface area (Å²) in [4.78, 5) is 13.2. The molecule has 4 heteroatoms. The first kappa shape index (κ1) is 13.2. The summed E-state index contributed by atoms with van der Waals surface area (Å²) in [6.07, 6.45) is 5.07. The molecule has 0 amide bonds. The van der Waals surface area contributed by atoms with E-state index < -0.39 is 5.97 Å². The number of thioether (sulfide) groups is 1. The van der Waals surface area contributed by atoms with Crippen LogP contribution < -0.4 is 0 Å². The van der Waals surface area contributed by atoms with Gasteiger partial charge in [-0.15, -0.1) is 0 Å². The van der Waals surface area contributed by atoms with Gasteiger partial charge in [0.1, 0.15) is 0 Å². The van der Waals surface area contributed by atoms with E-state index in [4.69, 9.17) is 5.11 Å². The Kier molecular flexibility index (Phi) is 4.74. The van der Waals surface area contributed by atoms with Crippen molar-refractivity contribution in [2.24, 2.45) is 5.92 Å². The van der Waals surface area contributed by atoms with E-state index in [0.717, 1.165) is 24.3 Å². The van der Waals surface area contributed by atoms with Crippen molar-refractivity contribution >= 4 is 17.7 Å². The number of carboxylic acid groups (broad SMARTS) is 1. The lowest BCUT2D eigenvalue weighted by Gasteiger charge is -2.35. The minimum absolute atomic E-state index is 0.341. The van der Waals surface area contributed by atoms with Gasteiger partial charge in [-0.1, -0.05) is 6.92 Å². The lowest BCUT2D eigenvalue weighted by molar-refractivity contribution is -0.137. The summed E-state index contributed by atoms with van der Waals surface area (Å²) in [5.41, 5.74) is 0. The second kappa shape index (κ2) is 6.10. The van der Waals surface area contributed by atoms with Crippen molar-refractivity contribution in [3.63, 3.8) is 0 Å². The molecule has 2 aliphatic rings. The largest absolute Gasteiger partial charge is 0.481 e. The van der Waals surface area contributed by atoms with Gasteiger partial charge < -0.3 is 5.11 Å². The normalized spacial score (nSPS) is 35.0. The van der Waals surface area contributed by atoms with Gasteiger partial charge in [-0.25, -0.2) is 0 Å². The third kappa shape index (κ3) is 3.62. The molecule has 0 aromatic carbocycles. The smallest absolute Gasteiger partial charge is 0.303 e. The van der Waals surface area contributed by atoms with Crippen molar-refractivity contribution in [1.82, 2.24) is 4.90 Å². The fourth-order valence-corrected chi connectivity index (χ4v) is 4.35. The van der Waals surface area contributed by atoms with E-state index in [1.807, 2.05) is 0 Å². The number of rotatable bonds is 4. The first-order valence-corrected chi connectivity index (χ1v) is 7.79. The number of hydrogen-bond donors (Lipinski definition) is 1. The molecule has 0 aromatic heterocycles. The standard InChI is InChI=1S/C13H23NO2S/c1-10-12(3-2-8-17-10)14-7-6-11(9-14)4-5-13(15)16/h10-12H,2-9H2,1H3,(H,15,16). The molecule has 2 rings (SSSR count). The molecule has 2 heterocycles. The van der Waals surface area contributed by atoms with Crippen LogP contribution in [0.5, 0.6) is 0 Å². The lowest BCUT2D eigenvalue weighted by Crippen LogP contribution is -2.41. The summed E-state index contributed by atoms with van der Waals surface area (Å²) in [7, 11) is 0. The van der Waals surface area contributed by atoms with E-state index in [1.165, 1.54) is 31.6 Å². The van der Waals surface area contributed by atoms with Crippen LogP contribution in [0.15, 0.2) is 0 Å². The highest BCUT2D eigenvalue weighted by molar-refractivity contribution is 7.99. The van der Waals surface area contributed by atoms with Gasteiger partial charge in [0.05, 0.1) is 0 Å². The summed E-state index contributed by atoms with van der Waals surface area (Å²) < 4.78 is 0. The Morgan fingerprint density at radius 2 is 2.29 bits per heavy atom. The highest BCUT2D eigenvalue weighted by atomic mass is 32.2. The fourth-order valence-electron chi connectivity index (χ4n) is 3.11. The van der Waals surface area contributed by atoms with Crippen LogP contribution in [0.1, 0.15) is 39.0 Å². The van der Waals surface area contributed by atoms with E-state index in [2.05, 4.69) is 23.6 Å². The molecule has 3 unspecified atom stereocenters. The maximum atomic E-state index is 10.6. The molecular formula is C13H23NO2S. The Balaban J connectivity index is 1.78. The monoisotopic (exact) mass is 257 g/mol. The molecule has 2 fully saturated rings. The molecule has 0 aliphatic carbocycles. The topological polar surface area (TPSA) is 40.5 Å². The minimum Gasteiger partial charge on any atom is -0.481 e. The second-order valence-corrected chi connectivity index (χ2v) is 6.85. The summed E-state index contributed by atoms with van der Waals surface area (Å²) in [6.45, 7) is 4.65. The van der Waals surface area contributed by atoms with E-state index in [0.29, 0.717) is 12.3 Å². The summed E-state index contributed by atoms with van der Waals surface area (Å²) in [5.74, 6) is 1.28. The average molecular weight is 257 g/mol. The van der Waals surface area contributed by atoms with Gasteiger partial charge >= 0.3 is 5.97 Å². The Labute approximate surface area is 108 Å². The summed E-state index contributed by atoms with van der Waals surface area (Å²) in [6, 6.07) is 0.739. The summed E-state index contributed by atoms with van der Waals surface area (Å²) >= 11 is 2.10. The molecule has 0 aromatic rings. The molecule has 17 heavy (non-hydrogen) atoms. The summed E-state index contributed by atoms with van der Waals surface area (Å²) in [5, 5.41) is 9.47. The molecule has 1 N–H and O–H groups in total. The first-order valence-electron chi connectivity index (χ1n) is 6.74. The Bertz CT molecular complexity index is 272. The van der Waals surface area contributed by atoms with Gasteiger partial charge in [0.2, 0.25) is 0 Å². The minimum atomic E-state index is -0.648. The molecule has 2 aliphatic heterocycles. The van der Waals surface area contributed by atoms with Crippen LogP contribution in [-0.4, -0.2) is 46.1 Å². The van der Waals surface area contributed by atoms with Crippen LogP contribution in [0.3, 0.4) is 0 Å². The van der Waals surface area contributed by atoms with Gasteiger partial charge in [0.25, 0.3) is 0 Å². The average Bonchev–Trinajstić information content (AvgIpc) is 2.75. The van der Waals surface area contributed by atoms with Crippen LogP contribution in [0.4, 0.5) is 0 Å². The predicted molar refractivity (Wildman–Crippen MR) is 71.5 cm³/mol. The molecular weight excluding hydrogens is 234 g/mol. The first-order chi connectivity index (χ1) is 8.16. The van der Waals surface area contributed by atoms with Crippen LogP contribution >= 0.6 is 11.8 Å². The van der Waals surface area contributed by atoms with Crippen molar-refractivity contribution in [2.75, 3.05) is 18.8 Å². The van der Waals surface area contributed by atoms with Crippen molar-refractivity contribution in [1.29, 1.82) is 0 Å². The third-order valence-corrected chi connectivity index (χ3v) is 5.48. The molecule has 98 valence electrons. The van der Waals surface area contributed by atoms with Gasteiger partial charge in [0.15, 0.2) is 0 Å². The van der Waals surface area contributed by atoms with Crippen molar-refractivity contribution in [3.8, 4) is 0 Å². The molecule has 0 spiro atoms. The number of likely N-dealkylation sites (tertiary alicyclic amines) is 1. The lowest BCUT2D eigenvalue weighted by atomic mass is 10.0. The van der Waals surface area contributed by atoms with Crippen LogP contribution in [-0.2, 0) is 4.79 Å². The Hall–Kier alpha value is -0.220. The number of carbonyl (C=O) groups is 1. The number of carboxylic acids is 1. The Morgan fingerprint density at radius 1 is 1.47 bits per heavy atom. The van der Waals surface area contributed by atoms with Gasteiger partial charge in [-0.05, 0) is 43.9 Å². The van der Waals surface area contributed by atoms with Crippen LogP contribution in [0.25, 0.3) is 0 Å². The van der Waals surface area contributed by atoms with E-state index in [1.54, 1.807) is 0 Å². The maximum absolute atomic E-state index is 10.6. The molecule has 3 nitrogen and oxygen atoms in total. The fraction of sp³-hybridized carbons (Fsp3) is 0.923. The van der Waals surface area contributed by atoms with E-state index >= 15 is 0 Å². The third-order valence-electron chi connectivity index (χ3n) is 4.12. The molecule has 0 saturated carbocycles. The quantitative estimate of drug-likeness (QED) is 0.840. The van der Waals surface area contributed by atoms with Gasteiger partial charge in [0, 0.05) is 24.3 Å². The number of nitrogens with zero attached hydrogens (tertiary/aromatic N) is 1. The zero-order valence-electron chi connectivity index (χ0n) is 10.6. The van der Waals surface area contributed by atoms with Crippen LogP contribution in [0, 0.1) is 5.92 Å². The number of aliphatic carboxylic acids is 1. The highest BCUT2D eigenvalue weighted by Gasteiger charge is 2.32. The van der Waals surface area contributed by atoms with Gasteiger partial charge in [-0.3, -0.25) is 9.69 Å². The van der Waals surface area contributed by atoms with Crippen LogP contribution in [0.2, 0.25) is 0 Å². The molecule has 2 saturated heterocycles.